The van der Waals surface area contributed by atoms with Crippen LogP contribution in [0.4, 0.5) is 4.39 Å². The number of nitrogens with zero attached hydrogens (tertiary/aromatic N) is 5. The zero-order valence-corrected chi connectivity index (χ0v) is 48.5. The molecule has 3 fully saturated rings. The standard InChI is InChI=1S/C55H90FN5O15S/c1-15-43-55(10,67)48(63)35(6)60(12)28-31(2)25-53(8,66)50(33(4)46(34(5)51(65)74-43)75-44-26-54(9,71-14)49(64)36(7)73-44)76-52-45(62)41(24-32(3)72-52)59(11)22-20-40-29-61(58-57-40)42(27-56)47(70-13)38-18-16-37(17-19-38)39-21-23-77(68,69)30-39/h16-19,21,29,31-36,41-50,52,62-64,66-67H,15,20,22-28,30H2,1-14H3/t31-,32-,33+,34-,35-,36+,41+,42-,43-,44+,45-,46+,47-,48-,49+,50-,52+,53-,54-,55-/m1/s1. The number of sulfone groups is 1. The molecule has 0 radical (unpaired) electrons. The second kappa shape index (κ2) is 25.8. The molecule has 20 atom stereocenters. The van der Waals surface area contributed by atoms with Crippen molar-refractivity contribution in [3.63, 3.8) is 0 Å². The molecule has 438 valence electrons. The van der Waals surface area contributed by atoms with E-state index < -0.39 is 137 Å². The van der Waals surface area contributed by atoms with E-state index in [1.165, 1.54) is 25.8 Å². The van der Waals surface area contributed by atoms with Crippen LogP contribution in [0.15, 0.2) is 36.5 Å². The Bertz CT molecular complexity index is 2380. The van der Waals surface area contributed by atoms with Crippen molar-refractivity contribution in [2.45, 2.75) is 204 Å². The molecule has 2 aromatic rings. The molecule has 0 saturated carbocycles. The SMILES string of the molecule is CC[C@H]1OC(=O)[C@H](C)[C@@H](O[C@H]2C[C@@](C)(OC)[C@@H](O)[C@H](C)O2)[C@H](C)[C@@H](O[C@@H]2O[C@H](C)C[C@H](N(C)CCc3cn([C@H](CF)[C@H](OC)c4ccc(C5=CCS(=O)(=O)C5)cc4)nn3)[C@H]2O)[C@](C)(O)C[C@@H](C)CN(C)[C@H](C)[C@@H](O)[C@]1(C)O. The number of hydrogen-bond donors (Lipinski definition) is 5. The summed E-state index contributed by atoms with van der Waals surface area (Å²) in [5, 5.41) is 68.6. The van der Waals surface area contributed by atoms with Crippen molar-refractivity contribution in [3.05, 3.63) is 53.4 Å². The maximum absolute atomic E-state index is 14.9. The van der Waals surface area contributed by atoms with Gasteiger partial charge in [0.05, 0.1) is 58.7 Å². The maximum atomic E-state index is 14.9. The molecule has 5 heterocycles. The van der Waals surface area contributed by atoms with E-state index >= 15 is 0 Å². The molecule has 20 nitrogen and oxygen atoms in total. The number of carbonyl (C=O) groups excluding carboxylic acids is 1. The van der Waals surface area contributed by atoms with E-state index in [0.717, 1.165) is 11.1 Å². The summed E-state index contributed by atoms with van der Waals surface area (Å²) < 4.78 is 84.6. The quantitative estimate of drug-likeness (QED) is 0.150. The lowest BCUT2D eigenvalue weighted by Gasteiger charge is -2.49. The second-order valence-corrected chi connectivity index (χ2v) is 25.5. The lowest BCUT2D eigenvalue weighted by Crippen LogP contribution is -2.61. The molecular formula is C55H90FN5O15S. The van der Waals surface area contributed by atoms with Gasteiger partial charge >= 0.3 is 5.97 Å². The van der Waals surface area contributed by atoms with Crippen LogP contribution in [0.2, 0.25) is 0 Å². The lowest BCUT2D eigenvalue weighted by atomic mass is 9.77. The summed E-state index contributed by atoms with van der Waals surface area (Å²) in [6, 6.07) is 5.25. The van der Waals surface area contributed by atoms with Crippen LogP contribution < -0.4 is 0 Å². The van der Waals surface area contributed by atoms with E-state index in [1.54, 1.807) is 72.9 Å². The Morgan fingerprint density at radius 1 is 0.974 bits per heavy atom. The largest absolute Gasteiger partial charge is 0.459 e. The van der Waals surface area contributed by atoms with Crippen molar-refractivity contribution in [3.8, 4) is 0 Å². The van der Waals surface area contributed by atoms with Gasteiger partial charge in [0.15, 0.2) is 22.4 Å². The van der Waals surface area contributed by atoms with Crippen molar-refractivity contribution in [2.24, 2.45) is 17.8 Å². The molecule has 0 bridgehead atoms. The van der Waals surface area contributed by atoms with Crippen LogP contribution in [-0.4, -0.2) is 215 Å². The summed E-state index contributed by atoms with van der Waals surface area (Å²) >= 11 is 0. The number of ether oxygens (including phenoxy) is 7. The predicted molar refractivity (Wildman–Crippen MR) is 285 cm³/mol. The number of benzene rings is 1. The highest BCUT2D eigenvalue weighted by atomic mass is 32.2. The molecular weight excluding hydrogens is 1020 g/mol. The average Bonchev–Trinajstić information content (AvgIpc) is 4.01. The Kier molecular flexibility index (Phi) is 21.2. The minimum Gasteiger partial charge on any atom is -0.459 e. The number of carbonyl (C=O) groups is 1. The molecule has 1 aromatic heterocycles. The molecule has 3 saturated heterocycles. The highest BCUT2D eigenvalue weighted by Gasteiger charge is 2.53. The van der Waals surface area contributed by atoms with Crippen molar-refractivity contribution in [2.75, 3.05) is 59.6 Å². The molecule has 0 amide bonds. The number of hydrogen-bond acceptors (Lipinski definition) is 19. The predicted octanol–water partition coefficient (Wildman–Crippen LogP) is 3.82. The Hall–Kier alpha value is -3.07. The normalized spacial score (nSPS) is 39.8. The van der Waals surface area contributed by atoms with E-state index in [9.17, 15) is 43.1 Å². The van der Waals surface area contributed by atoms with Gasteiger partial charge in [-0.3, -0.25) is 4.79 Å². The van der Waals surface area contributed by atoms with Crippen LogP contribution in [0.3, 0.4) is 0 Å². The molecule has 0 unspecified atom stereocenters. The van der Waals surface area contributed by atoms with Crippen LogP contribution in [0.5, 0.6) is 0 Å². The highest BCUT2D eigenvalue weighted by Crippen LogP contribution is 2.41. The number of likely N-dealkylation sites (N-methyl/N-ethyl adjacent to an activating group) is 2. The van der Waals surface area contributed by atoms with E-state index in [-0.39, 0.29) is 36.7 Å². The van der Waals surface area contributed by atoms with Crippen LogP contribution in [0, 0.1) is 17.8 Å². The molecule has 4 aliphatic heterocycles. The Balaban J connectivity index is 1.25. The fraction of sp³-hybridized carbons (Fsp3) is 0.800. The number of rotatable bonds is 16. The number of esters is 1. The smallest absolute Gasteiger partial charge is 0.311 e. The zero-order chi connectivity index (χ0) is 57.1. The van der Waals surface area contributed by atoms with Crippen LogP contribution in [-0.2, 0) is 54.2 Å². The third-order valence-corrected chi connectivity index (χ3v) is 18.5. The number of aliphatic hydroxyl groups excluding tert-OH is 3. The van der Waals surface area contributed by atoms with Gasteiger partial charge in [-0.15, -0.1) is 5.10 Å². The molecule has 6 rings (SSSR count). The van der Waals surface area contributed by atoms with Crippen molar-refractivity contribution < 1.29 is 76.3 Å². The minimum atomic E-state index is -3.15. The van der Waals surface area contributed by atoms with Gasteiger partial charge in [0.1, 0.15) is 48.8 Å². The monoisotopic (exact) mass is 1110 g/mol. The average molecular weight is 1110 g/mol. The van der Waals surface area contributed by atoms with Gasteiger partial charge in [-0.1, -0.05) is 56.3 Å². The summed E-state index contributed by atoms with van der Waals surface area (Å²) in [6.45, 7) is 17.3. The van der Waals surface area contributed by atoms with Gasteiger partial charge in [0.2, 0.25) is 0 Å². The van der Waals surface area contributed by atoms with Gasteiger partial charge in [-0.05, 0) is 104 Å². The fourth-order valence-electron chi connectivity index (χ4n) is 12.2. The van der Waals surface area contributed by atoms with Crippen LogP contribution in [0.25, 0.3) is 5.57 Å². The first-order chi connectivity index (χ1) is 36.0. The van der Waals surface area contributed by atoms with E-state index in [0.29, 0.717) is 37.2 Å². The van der Waals surface area contributed by atoms with Crippen LogP contribution >= 0.6 is 0 Å². The summed E-state index contributed by atoms with van der Waals surface area (Å²) in [4.78, 5) is 18.4. The minimum absolute atomic E-state index is 0.00506. The summed E-state index contributed by atoms with van der Waals surface area (Å²) in [6.07, 6.45) is -6.63. The summed E-state index contributed by atoms with van der Waals surface area (Å²) in [7, 11) is 3.51. The van der Waals surface area contributed by atoms with Gasteiger partial charge in [0, 0.05) is 64.3 Å². The number of methoxy groups -OCH3 is 2. The third kappa shape index (κ3) is 14.5. The summed E-state index contributed by atoms with van der Waals surface area (Å²) in [5.74, 6) is -2.95. The Morgan fingerprint density at radius 2 is 1.65 bits per heavy atom. The Labute approximate surface area is 455 Å². The van der Waals surface area contributed by atoms with E-state index in [2.05, 4.69) is 10.3 Å². The molecule has 22 heteroatoms. The van der Waals surface area contributed by atoms with Crippen LogP contribution in [0.1, 0.15) is 124 Å². The van der Waals surface area contributed by atoms with Gasteiger partial charge in [-0.2, -0.15) is 0 Å². The molecule has 77 heavy (non-hydrogen) atoms. The molecule has 0 spiro atoms. The maximum Gasteiger partial charge on any atom is 0.311 e. The highest BCUT2D eigenvalue weighted by molar-refractivity contribution is 7.92. The van der Waals surface area contributed by atoms with Gasteiger partial charge < -0.3 is 68.5 Å². The first-order valence-electron chi connectivity index (χ1n) is 27.3. The third-order valence-electron chi connectivity index (χ3n) is 17.1. The second-order valence-electron chi connectivity index (χ2n) is 23.4. The Morgan fingerprint density at radius 3 is 2.25 bits per heavy atom. The molecule has 5 N–H and O–H groups in total. The number of halogens is 1. The van der Waals surface area contributed by atoms with Crippen molar-refractivity contribution >= 4 is 21.4 Å². The van der Waals surface area contributed by atoms with Gasteiger partial charge in [-0.25, -0.2) is 17.5 Å². The first-order valence-corrected chi connectivity index (χ1v) is 29.1. The number of alkyl halides is 1. The fourth-order valence-corrected chi connectivity index (χ4v) is 13.5. The van der Waals surface area contributed by atoms with E-state index in [4.69, 9.17) is 33.2 Å². The number of aromatic nitrogens is 3. The number of aliphatic hydroxyl groups is 5. The lowest BCUT2D eigenvalue weighted by molar-refractivity contribution is -0.318. The first kappa shape index (κ1) is 63.1. The van der Waals surface area contributed by atoms with Crippen molar-refractivity contribution in [1.82, 2.24) is 24.8 Å². The summed E-state index contributed by atoms with van der Waals surface area (Å²) in [5.41, 5.74) is -1.87. The molecule has 1 aromatic carbocycles. The topological polar surface area (TPSA) is 254 Å². The molecule has 0 aliphatic carbocycles. The van der Waals surface area contributed by atoms with Crippen molar-refractivity contribution in [1.29, 1.82) is 0 Å². The van der Waals surface area contributed by atoms with Gasteiger partial charge in [0.25, 0.3) is 0 Å². The van der Waals surface area contributed by atoms with E-state index in [1.807, 2.05) is 49.9 Å². The molecule has 4 aliphatic rings. The zero-order valence-electron chi connectivity index (χ0n) is 47.7. The number of cyclic esters (lactones) is 1.